The van der Waals surface area contributed by atoms with Gasteiger partial charge >= 0.3 is 5.69 Å². The van der Waals surface area contributed by atoms with Gasteiger partial charge in [-0.3, -0.25) is 19.1 Å². The minimum Gasteiger partial charge on any atom is -0.341 e. The highest BCUT2D eigenvalue weighted by Crippen LogP contribution is 2.21. The molecule has 1 N–H and O–H groups in total. The zero-order chi connectivity index (χ0) is 15.7. The van der Waals surface area contributed by atoms with Crippen molar-refractivity contribution in [3.05, 3.63) is 32.6 Å². The van der Waals surface area contributed by atoms with Crippen molar-refractivity contribution in [3.63, 3.8) is 0 Å². The number of nitrogens with zero attached hydrogens (tertiary/aromatic N) is 3. The Morgan fingerprint density at radius 3 is 2.86 bits per heavy atom. The number of carbonyl (C=O) groups is 1. The van der Waals surface area contributed by atoms with Gasteiger partial charge in [-0.2, -0.15) is 0 Å². The summed E-state index contributed by atoms with van der Waals surface area (Å²) in [6.45, 7) is 3.68. The second-order valence-electron chi connectivity index (χ2n) is 6.19. The molecule has 2 aliphatic rings. The first-order valence-electron chi connectivity index (χ1n) is 7.85. The van der Waals surface area contributed by atoms with Crippen LogP contribution in [0.1, 0.15) is 24.8 Å². The molecule has 2 aliphatic heterocycles. The van der Waals surface area contributed by atoms with Gasteiger partial charge in [-0.05, 0) is 25.8 Å². The number of hydrogen-bond donors (Lipinski definition) is 1. The monoisotopic (exact) mass is 306 g/mol. The van der Waals surface area contributed by atoms with Crippen molar-refractivity contribution in [2.75, 3.05) is 26.2 Å². The Balaban J connectivity index is 1.73. The number of fused-ring (bicyclic) bond motifs is 1. The van der Waals surface area contributed by atoms with Gasteiger partial charge in [0.2, 0.25) is 5.91 Å². The van der Waals surface area contributed by atoms with Gasteiger partial charge in [-0.15, -0.1) is 0 Å². The topological polar surface area (TPSA) is 78.4 Å². The lowest BCUT2D eigenvalue weighted by molar-refractivity contribution is -0.130. The van der Waals surface area contributed by atoms with Gasteiger partial charge in [-0.25, -0.2) is 4.79 Å². The minimum absolute atomic E-state index is 0.0297. The van der Waals surface area contributed by atoms with Crippen LogP contribution in [0.5, 0.6) is 0 Å². The van der Waals surface area contributed by atoms with E-state index in [1.165, 1.54) is 19.7 Å². The highest BCUT2D eigenvalue weighted by Gasteiger charge is 2.30. The lowest BCUT2D eigenvalue weighted by Gasteiger charge is -2.25. The lowest BCUT2D eigenvalue weighted by atomic mass is 10.1. The highest BCUT2D eigenvalue weighted by molar-refractivity contribution is 5.78. The van der Waals surface area contributed by atoms with Crippen molar-refractivity contribution in [3.8, 4) is 0 Å². The second kappa shape index (κ2) is 6.08. The van der Waals surface area contributed by atoms with Crippen molar-refractivity contribution >= 4 is 5.91 Å². The van der Waals surface area contributed by atoms with Gasteiger partial charge in [-0.1, -0.05) is 0 Å². The normalized spacial score (nSPS) is 22.4. The number of hydrogen-bond acceptors (Lipinski definition) is 4. The van der Waals surface area contributed by atoms with Crippen LogP contribution in [0.25, 0.3) is 0 Å². The van der Waals surface area contributed by atoms with Gasteiger partial charge in [0.25, 0.3) is 5.56 Å². The zero-order valence-electron chi connectivity index (χ0n) is 12.9. The number of carbonyl (C=O) groups excluding carboxylic acids is 1. The van der Waals surface area contributed by atoms with Crippen molar-refractivity contribution in [2.45, 2.75) is 31.7 Å². The molecule has 7 nitrogen and oxygen atoms in total. The summed E-state index contributed by atoms with van der Waals surface area (Å²) in [6.07, 6.45) is 4.74. The number of aromatic nitrogens is 2. The number of rotatable bonds is 2. The van der Waals surface area contributed by atoms with Gasteiger partial charge < -0.3 is 9.88 Å². The third-order valence-electron chi connectivity index (χ3n) is 4.75. The molecule has 22 heavy (non-hydrogen) atoms. The number of aromatic amines is 1. The SMILES string of the molecule is Cn1c(=O)[nH]cc(CC(=O)N2CCCN3CCC[C@H]3C2)c1=O. The van der Waals surface area contributed by atoms with Crippen LogP contribution in [0, 0.1) is 0 Å². The van der Waals surface area contributed by atoms with Crippen LogP contribution in [0.15, 0.2) is 15.8 Å². The Labute approximate surface area is 128 Å². The van der Waals surface area contributed by atoms with Gasteiger partial charge in [0, 0.05) is 44.5 Å². The van der Waals surface area contributed by atoms with Crippen molar-refractivity contribution in [1.29, 1.82) is 0 Å². The predicted molar refractivity (Wildman–Crippen MR) is 81.8 cm³/mol. The molecule has 0 aromatic carbocycles. The zero-order valence-corrected chi connectivity index (χ0v) is 12.9. The molecule has 0 aliphatic carbocycles. The van der Waals surface area contributed by atoms with E-state index < -0.39 is 11.2 Å². The Morgan fingerprint density at radius 1 is 1.27 bits per heavy atom. The van der Waals surface area contributed by atoms with Crippen LogP contribution < -0.4 is 11.2 Å². The molecule has 3 rings (SSSR count). The first-order chi connectivity index (χ1) is 10.6. The van der Waals surface area contributed by atoms with Crippen LogP contribution in [0.4, 0.5) is 0 Å². The molecule has 2 fully saturated rings. The summed E-state index contributed by atoms with van der Waals surface area (Å²) in [4.78, 5) is 42.7. The molecule has 7 heteroatoms. The summed E-state index contributed by atoms with van der Waals surface area (Å²) in [5.74, 6) is -0.0297. The Hall–Kier alpha value is -1.89. The van der Waals surface area contributed by atoms with E-state index in [2.05, 4.69) is 9.88 Å². The highest BCUT2D eigenvalue weighted by atomic mass is 16.2. The number of nitrogens with one attached hydrogen (secondary N) is 1. The maximum atomic E-state index is 12.5. The Bertz CT molecular complexity index is 678. The van der Waals surface area contributed by atoms with Gasteiger partial charge in [0.15, 0.2) is 0 Å². The van der Waals surface area contributed by atoms with Crippen LogP contribution in [0.3, 0.4) is 0 Å². The first kappa shape index (κ1) is 15.0. The maximum Gasteiger partial charge on any atom is 0.328 e. The molecule has 1 atom stereocenters. The van der Waals surface area contributed by atoms with Crippen LogP contribution >= 0.6 is 0 Å². The molecule has 3 heterocycles. The third-order valence-corrected chi connectivity index (χ3v) is 4.75. The summed E-state index contributed by atoms with van der Waals surface area (Å²) in [5, 5.41) is 0. The average Bonchev–Trinajstić information content (AvgIpc) is 2.84. The fourth-order valence-electron chi connectivity index (χ4n) is 3.45. The molecule has 2 saturated heterocycles. The standard InChI is InChI=1S/C15H22N4O3/c1-17-14(21)11(9-16-15(17)22)8-13(20)19-7-3-6-18-5-2-4-12(18)10-19/h9,12H,2-8,10H2,1H3,(H,16,22)/t12-/m0/s1. The van der Waals surface area contributed by atoms with Crippen LogP contribution in [-0.2, 0) is 18.3 Å². The van der Waals surface area contributed by atoms with Gasteiger partial charge in [0.05, 0.1) is 6.42 Å². The van der Waals surface area contributed by atoms with E-state index in [1.807, 2.05) is 4.90 Å². The molecule has 1 aromatic rings. The fraction of sp³-hybridized carbons (Fsp3) is 0.667. The van der Waals surface area contributed by atoms with E-state index in [9.17, 15) is 14.4 Å². The number of amides is 1. The molecule has 120 valence electrons. The first-order valence-corrected chi connectivity index (χ1v) is 7.85. The van der Waals surface area contributed by atoms with Gasteiger partial charge in [0.1, 0.15) is 0 Å². The summed E-state index contributed by atoms with van der Waals surface area (Å²) in [5.41, 5.74) is -0.508. The molecule has 0 bridgehead atoms. The summed E-state index contributed by atoms with van der Waals surface area (Å²) >= 11 is 0. The fourth-order valence-corrected chi connectivity index (χ4v) is 3.45. The summed E-state index contributed by atoms with van der Waals surface area (Å²) < 4.78 is 1.00. The molecule has 0 saturated carbocycles. The van der Waals surface area contributed by atoms with E-state index in [0.29, 0.717) is 11.6 Å². The lowest BCUT2D eigenvalue weighted by Crippen LogP contribution is -2.42. The summed E-state index contributed by atoms with van der Waals surface area (Å²) in [6, 6.07) is 0.463. The van der Waals surface area contributed by atoms with Crippen LogP contribution in [-0.4, -0.2) is 57.5 Å². The second-order valence-corrected chi connectivity index (χ2v) is 6.19. The smallest absolute Gasteiger partial charge is 0.328 e. The molecule has 0 spiro atoms. The van der Waals surface area contributed by atoms with Crippen molar-refractivity contribution < 1.29 is 4.79 Å². The Kier molecular flexibility index (Phi) is 4.15. The number of H-pyrrole nitrogens is 1. The third kappa shape index (κ3) is 2.85. The van der Waals surface area contributed by atoms with Crippen LogP contribution in [0.2, 0.25) is 0 Å². The van der Waals surface area contributed by atoms with E-state index in [4.69, 9.17) is 0 Å². The minimum atomic E-state index is -0.461. The van der Waals surface area contributed by atoms with E-state index in [-0.39, 0.29) is 12.3 Å². The molecule has 1 amide bonds. The quantitative estimate of drug-likeness (QED) is 0.785. The molecule has 1 aromatic heterocycles. The molecular formula is C15H22N4O3. The largest absolute Gasteiger partial charge is 0.341 e. The summed E-state index contributed by atoms with van der Waals surface area (Å²) in [7, 11) is 1.41. The van der Waals surface area contributed by atoms with Crippen molar-refractivity contribution in [2.24, 2.45) is 7.05 Å². The van der Waals surface area contributed by atoms with Crippen molar-refractivity contribution in [1.82, 2.24) is 19.4 Å². The van der Waals surface area contributed by atoms with E-state index in [0.717, 1.165) is 43.6 Å². The molecule has 0 unspecified atom stereocenters. The van der Waals surface area contributed by atoms with E-state index >= 15 is 0 Å². The predicted octanol–water partition coefficient (Wildman–Crippen LogP) is -0.687. The average molecular weight is 306 g/mol. The molecule has 0 radical (unpaired) electrons. The van der Waals surface area contributed by atoms with E-state index in [1.54, 1.807) is 0 Å². The maximum absolute atomic E-state index is 12.5. The Morgan fingerprint density at radius 2 is 2.05 bits per heavy atom. The molecular weight excluding hydrogens is 284 g/mol.